The molecule has 2 aliphatic rings. The van der Waals surface area contributed by atoms with Gasteiger partial charge in [-0.05, 0) is 32.9 Å². The molecule has 0 spiro atoms. The summed E-state index contributed by atoms with van der Waals surface area (Å²) in [6.45, 7) is 3.46. The first-order chi connectivity index (χ1) is 9.43. The van der Waals surface area contributed by atoms with E-state index in [4.69, 9.17) is 0 Å². The summed E-state index contributed by atoms with van der Waals surface area (Å²) in [6, 6.07) is 0. The molecule has 1 saturated carbocycles. The van der Waals surface area contributed by atoms with Crippen molar-refractivity contribution in [2.75, 3.05) is 27.2 Å². The molecule has 3 unspecified atom stereocenters. The first kappa shape index (κ1) is 15.3. The molecule has 2 fully saturated rings. The first-order valence-electron chi connectivity index (χ1n) is 7.65. The molecule has 5 heteroatoms. The van der Waals surface area contributed by atoms with E-state index in [0.29, 0.717) is 25.4 Å². The van der Waals surface area contributed by atoms with Crippen LogP contribution in [0.25, 0.3) is 0 Å². The number of carbonyl (C=O) groups is 2. The van der Waals surface area contributed by atoms with Crippen LogP contribution in [0.3, 0.4) is 0 Å². The molecule has 2 N–H and O–H groups in total. The SMILES string of the molecule is CC1CCCC(CNC(=O)C2CNC(=O)C2)(N(C)C)C1. The average Bonchev–Trinajstić information content (AvgIpc) is 2.82. The maximum atomic E-state index is 12.2. The molecular weight excluding hydrogens is 254 g/mol. The third-order valence-corrected chi connectivity index (χ3v) is 4.96. The number of hydrogen-bond donors (Lipinski definition) is 2. The molecule has 1 aliphatic heterocycles. The normalized spacial score (nSPS) is 34.1. The molecule has 1 aliphatic carbocycles. The zero-order valence-electron chi connectivity index (χ0n) is 12.9. The predicted molar refractivity (Wildman–Crippen MR) is 78.2 cm³/mol. The van der Waals surface area contributed by atoms with Gasteiger partial charge in [0.25, 0.3) is 0 Å². The highest BCUT2D eigenvalue weighted by Gasteiger charge is 2.38. The van der Waals surface area contributed by atoms with Crippen LogP contribution >= 0.6 is 0 Å². The standard InChI is InChI=1S/C15H27N3O2/c1-11-5-4-6-15(8-11,18(2)3)10-17-14(20)12-7-13(19)16-9-12/h11-12H,4-10H2,1-3H3,(H,16,19)(H,17,20). The Morgan fingerprint density at radius 3 is 2.80 bits per heavy atom. The number of amides is 2. The van der Waals surface area contributed by atoms with E-state index in [1.54, 1.807) is 0 Å². The Kier molecular flexibility index (Phi) is 4.68. The molecule has 5 nitrogen and oxygen atoms in total. The molecule has 0 aromatic carbocycles. The lowest BCUT2D eigenvalue weighted by Crippen LogP contribution is -2.55. The van der Waals surface area contributed by atoms with E-state index in [0.717, 1.165) is 12.8 Å². The summed E-state index contributed by atoms with van der Waals surface area (Å²) in [6.07, 6.45) is 5.09. The zero-order chi connectivity index (χ0) is 14.8. The van der Waals surface area contributed by atoms with E-state index in [1.165, 1.54) is 12.8 Å². The maximum Gasteiger partial charge on any atom is 0.225 e. The molecule has 114 valence electrons. The third kappa shape index (κ3) is 3.32. The predicted octanol–water partition coefficient (Wildman–Crippen LogP) is 0.749. The zero-order valence-corrected chi connectivity index (χ0v) is 12.9. The Hall–Kier alpha value is -1.10. The van der Waals surface area contributed by atoms with Crippen molar-refractivity contribution in [3.63, 3.8) is 0 Å². The number of carbonyl (C=O) groups excluding carboxylic acids is 2. The maximum absolute atomic E-state index is 12.2. The highest BCUT2D eigenvalue weighted by Crippen LogP contribution is 2.35. The number of hydrogen-bond acceptors (Lipinski definition) is 3. The van der Waals surface area contributed by atoms with Crippen molar-refractivity contribution in [3.8, 4) is 0 Å². The van der Waals surface area contributed by atoms with Gasteiger partial charge in [-0.2, -0.15) is 0 Å². The van der Waals surface area contributed by atoms with Crippen molar-refractivity contribution in [3.05, 3.63) is 0 Å². The quantitative estimate of drug-likeness (QED) is 0.799. The number of nitrogens with one attached hydrogen (secondary N) is 2. The van der Waals surface area contributed by atoms with Crippen LogP contribution in [0, 0.1) is 11.8 Å². The van der Waals surface area contributed by atoms with Crippen LogP contribution < -0.4 is 10.6 Å². The highest BCUT2D eigenvalue weighted by atomic mass is 16.2. The minimum atomic E-state index is -0.192. The van der Waals surface area contributed by atoms with E-state index in [1.807, 2.05) is 0 Å². The molecule has 0 radical (unpaired) electrons. The van der Waals surface area contributed by atoms with Crippen molar-refractivity contribution in [1.29, 1.82) is 0 Å². The van der Waals surface area contributed by atoms with Crippen molar-refractivity contribution < 1.29 is 9.59 Å². The van der Waals surface area contributed by atoms with Gasteiger partial charge in [0.05, 0.1) is 5.92 Å². The van der Waals surface area contributed by atoms with Crippen LogP contribution in [0.15, 0.2) is 0 Å². The Balaban J connectivity index is 1.92. The second kappa shape index (κ2) is 6.12. The average molecular weight is 281 g/mol. The van der Waals surface area contributed by atoms with Gasteiger partial charge in [0.1, 0.15) is 0 Å². The molecule has 3 atom stereocenters. The van der Waals surface area contributed by atoms with Crippen molar-refractivity contribution in [1.82, 2.24) is 15.5 Å². The summed E-state index contributed by atoms with van der Waals surface area (Å²) in [5.74, 6) is 0.516. The molecule has 0 aromatic rings. The lowest BCUT2D eigenvalue weighted by atomic mass is 9.75. The Labute approximate surface area is 121 Å². The smallest absolute Gasteiger partial charge is 0.225 e. The van der Waals surface area contributed by atoms with Gasteiger partial charge in [0.2, 0.25) is 11.8 Å². The Bertz CT molecular complexity index is 383. The largest absolute Gasteiger partial charge is 0.355 e. The number of nitrogens with zero attached hydrogens (tertiary/aromatic N) is 1. The summed E-state index contributed by atoms with van der Waals surface area (Å²) in [7, 11) is 4.20. The van der Waals surface area contributed by atoms with E-state index in [2.05, 4.69) is 36.6 Å². The number of rotatable bonds is 4. The van der Waals surface area contributed by atoms with E-state index in [-0.39, 0.29) is 23.3 Å². The van der Waals surface area contributed by atoms with Crippen molar-refractivity contribution in [2.45, 2.75) is 44.6 Å². The molecule has 0 aromatic heterocycles. The molecule has 20 heavy (non-hydrogen) atoms. The number of likely N-dealkylation sites (N-methyl/N-ethyl adjacent to an activating group) is 1. The Morgan fingerprint density at radius 1 is 1.50 bits per heavy atom. The second-order valence-corrected chi connectivity index (χ2v) is 6.74. The molecule has 2 rings (SSSR count). The molecule has 1 heterocycles. The van der Waals surface area contributed by atoms with Gasteiger partial charge in [-0.15, -0.1) is 0 Å². The lowest BCUT2D eigenvalue weighted by Gasteiger charge is -2.45. The van der Waals surface area contributed by atoms with Crippen LogP contribution in [-0.4, -0.2) is 49.4 Å². The molecular formula is C15H27N3O2. The monoisotopic (exact) mass is 281 g/mol. The fourth-order valence-corrected chi connectivity index (χ4v) is 3.54. The summed E-state index contributed by atoms with van der Waals surface area (Å²) >= 11 is 0. The van der Waals surface area contributed by atoms with Gasteiger partial charge in [-0.25, -0.2) is 0 Å². The minimum Gasteiger partial charge on any atom is -0.355 e. The summed E-state index contributed by atoms with van der Waals surface area (Å²) < 4.78 is 0. The molecule has 1 saturated heterocycles. The summed E-state index contributed by atoms with van der Waals surface area (Å²) in [4.78, 5) is 25.6. The van der Waals surface area contributed by atoms with Gasteiger partial charge in [0.15, 0.2) is 0 Å². The van der Waals surface area contributed by atoms with Gasteiger partial charge in [-0.3, -0.25) is 9.59 Å². The van der Waals surface area contributed by atoms with Crippen LogP contribution in [-0.2, 0) is 9.59 Å². The molecule has 2 amide bonds. The third-order valence-electron chi connectivity index (χ3n) is 4.96. The highest BCUT2D eigenvalue weighted by molar-refractivity contribution is 5.89. The minimum absolute atomic E-state index is 0.0150. The fourth-order valence-electron chi connectivity index (χ4n) is 3.54. The van der Waals surface area contributed by atoms with Gasteiger partial charge >= 0.3 is 0 Å². The topological polar surface area (TPSA) is 61.4 Å². The Morgan fingerprint density at radius 2 is 2.25 bits per heavy atom. The van der Waals surface area contributed by atoms with Crippen LogP contribution in [0.4, 0.5) is 0 Å². The van der Waals surface area contributed by atoms with Crippen LogP contribution in [0.5, 0.6) is 0 Å². The van der Waals surface area contributed by atoms with Gasteiger partial charge < -0.3 is 15.5 Å². The van der Waals surface area contributed by atoms with E-state index < -0.39 is 0 Å². The van der Waals surface area contributed by atoms with Gasteiger partial charge in [-0.1, -0.05) is 19.8 Å². The second-order valence-electron chi connectivity index (χ2n) is 6.74. The summed E-state index contributed by atoms with van der Waals surface area (Å²) in [5, 5.41) is 5.80. The fraction of sp³-hybridized carbons (Fsp3) is 0.867. The van der Waals surface area contributed by atoms with Crippen molar-refractivity contribution >= 4 is 11.8 Å². The van der Waals surface area contributed by atoms with E-state index in [9.17, 15) is 9.59 Å². The first-order valence-corrected chi connectivity index (χ1v) is 7.65. The van der Waals surface area contributed by atoms with Crippen LogP contribution in [0.2, 0.25) is 0 Å². The van der Waals surface area contributed by atoms with E-state index >= 15 is 0 Å². The lowest BCUT2D eigenvalue weighted by molar-refractivity contribution is -0.127. The van der Waals surface area contributed by atoms with Gasteiger partial charge in [0, 0.05) is 25.0 Å². The summed E-state index contributed by atoms with van der Waals surface area (Å²) in [5.41, 5.74) is 0.0728. The molecule has 0 bridgehead atoms. The van der Waals surface area contributed by atoms with Crippen molar-refractivity contribution in [2.24, 2.45) is 11.8 Å². The van der Waals surface area contributed by atoms with Crippen LogP contribution in [0.1, 0.15) is 39.0 Å².